The van der Waals surface area contributed by atoms with Gasteiger partial charge in [-0.2, -0.15) is 0 Å². The number of aryl methyl sites for hydroxylation is 1. The Labute approximate surface area is 125 Å². The first-order valence-corrected chi connectivity index (χ1v) is 7.39. The second kappa shape index (κ2) is 7.26. The van der Waals surface area contributed by atoms with Gasteiger partial charge in [-0.15, -0.1) is 0 Å². The minimum Gasteiger partial charge on any atom is -0.469 e. The maximum absolute atomic E-state index is 12.5. The van der Waals surface area contributed by atoms with Crippen molar-refractivity contribution in [3.8, 4) is 0 Å². The lowest BCUT2D eigenvalue weighted by atomic mass is 10.2. The van der Waals surface area contributed by atoms with Crippen LogP contribution in [-0.4, -0.2) is 66.1 Å². The van der Waals surface area contributed by atoms with E-state index >= 15 is 0 Å². The van der Waals surface area contributed by atoms with Crippen molar-refractivity contribution in [1.82, 2.24) is 14.4 Å². The third-order valence-corrected chi connectivity index (χ3v) is 3.91. The van der Waals surface area contributed by atoms with E-state index in [9.17, 15) is 9.59 Å². The summed E-state index contributed by atoms with van der Waals surface area (Å²) < 4.78 is 6.61. The molecule has 6 nitrogen and oxygen atoms in total. The highest BCUT2D eigenvalue weighted by molar-refractivity contribution is 5.92. The SMILES string of the molecule is CCn1cccc1C(=O)N1CCN(CCC(=O)OC)CC1. The molecule has 0 spiro atoms. The average Bonchev–Trinajstić information content (AvgIpc) is 3.00. The van der Waals surface area contributed by atoms with Crippen molar-refractivity contribution in [3.05, 3.63) is 24.0 Å². The maximum Gasteiger partial charge on any atom is 0.306 e. The van der Waals surface area contributed by atoms with Gasteiger partial charge in [0.1, 0.15) is 5.69 Å². The number of methoxy groups -OCH3 is 1. The van der Waals surface area contributed by atoms with Crippen LogP contribution in [0.1, 0.15) is 23.8 Å². The summed E-state index contributed by atoms with van der Waals surface area (Å²) in [6, 6.07) is 3.78. The Bertz CT molecular complexity index is 490. The van der Waals surface area contributed by atoms with E-state index in [0.717, 1.165) is 25.3 Å². The molecule has 1 aliphatic heterocycles. The molecule has 1 aromatic heterocycles. The highest BCUT2D eigenvalue weighted by Crippen LogP contribution is 2.10. The van der Waals surface area contributed by atoms with Gasteiger partial charge in [0.05, 0.1) is 13.5 Å². The number of carbonyl (C=O) groups is 2. The van der Waals surface area contributed by atoms with Gasteiger partial charge in [-0.1, -0.05) is 0 Å². The smallest absolute Gasteiger partial charge is 0.306 e. The fourth-order valence-electron chi connectivity index (χ4n) is 2.57. The quantitative estimate of drug-likeness (QED) is 0.755. The van der Waals surface area contributed by atoms with Gasteiger partial charge in [0, 0.05) is 45.5 Å². The van der Waals surface area contributed by atoms with E-state index in [1.807, 2.05) is 34.7 Å². The Balaban J connectivity index is 1.83. The molecule has 0 aromatic carbocycles. The van der Waals surface area contributed by atoms with Crippen molar-refractivity contribution in [2.24, 2.45) is 0 Å². The van der Waals surface area contributed by atoms with Crippen molar-refractivity contribution < 1.29 is 14.3 Å². The van der Waals surface area contributed by atoms with E-state index in [-0.39, 0.29) is 11.9 Å². The van der Waals surface area contributed by atoms with Gasteiger partial charge in [0.25, 0.3) is 5.91 Å². The number of piperazine rings is 1. The number of ether oxygens (including phenoxy) is 1. The number of hydrogen-bond donors (Lipinski definition) is 0. The van der Waals surface area contributed by atoms with Crippen LogP contribution < -0.4 is 0 Å². The van der Waals surface area contributed by atoms with Crippen molar-refractivity contribution in [2.45, 2.75) is 19.9 Å². The zero-order valence-corrected chi connectivity index (χ0v) is 12.7. The van der Waals surface area contributed by atoms with Crippen LogP contribution in [0, 0.1) is 0 Å². The standard InChI is InChI=1S/C15H23N3O3/c1-3-17-7-4-5-13(17)15(20)18-11-9-16(10-12-18)8-6-14(19)21-2/h4-5,7H,3,6,8-12H2,1-2H3. The first-order valence-electron chi connectivity index (χ1n) is 7.39. The van der Waals surface area contributed by atoms with Crippen LogP contribution in [0.5, 0.6) is 0 Å². The molecule has 1 saturated heterocycles. The lowest BCUT2D eigenvalue weighted by molar-refractivity contribution is -0.141. The van der Waals surface area contributed by atoms with E-state index in [0.29, 0.717) is 26.1 Å². The second-order valence-corrected chi connectivity index (χ2v) is 5.14. The van der Waals surface area contributed by atoms with Gasteiger partial charge in [-0.25, -0.2) is 0 Å². The van der Waals surface area contributed by atoms with Gasteiger partial charge >= 0.3 is 5.97 Å². The number of esters is 1. The molecule has 6 heteroatoms. The lowest BCUT2D eigenvalue weighted by Crippen LogP contribution is -2.49. The highest BCUT2D eigenvalue weighted by atomic mass is 16.5. The molecule has 0 N–H and O–H groups in total. The lowest BCUT2D eigenvalue weighted by Gasteiger charge is -2.34. The zero-order valence-electron chi connectivity index (χ0n) is 12.7. The van der Waals surface area contributed by atoms with Crippen molar-refractivity contribution in [2.75, 3.05) is 39.8 Å². The van der Waals surface area contributed by atoms with Crippen LogP contribution >= 0.6 is 0 Å². The Hall–Kier alpha value is -1.82. The Morgan fingerprint density at radius 1 is 1.24 bits per heavy atom. The molecule has 116 valence electrons. The van der Waals surface area contributed by atoms with Crippen molar-refractivity contribution >= 4 is 11.9 Å². The summed E-state index contributed by atoms with van der Waals surface area (Å²) in [5, 5.41) is 0. The molecular weight excluding hydrogens is 270 g/mol. The van der Waals surface area contributed by atoms with Crippen molar-refractivity contribution in [1.29, 1.82) is 0 Å². The number of hydrogen-bond acceptors (Lipinski definition) is 4. The molecule has 2 rings (SSSR count). The Morgan fingerprint density at radius 3 is 2.57 bits per heavy atom. The summed E-state index contributed by atoms with van der Waals surface area (Å²) >= 11 is 0. The number of rotatable bonds is 5. The van der Waals surface area contributed by atoms with Crippen LogP contribution in [0.4, 0.5) is 0 Å². The summed E-state index contributed by atoms with van der Waals surface area (Å²) in [5.74, 6) is -0.0938. The monoisotopic (exact) mass is 293 g/mol. The molecule has 21 heavy (non-hydrogen) atoms. The molecule has 0 atom stereocenters. The maximum atomic E-state index is 12.5. The van der Waals surface area contributed by atoms with Gasteiger partial charge in [0.2, 0.25) is 0 Å². The fourth-order valence-corrected chi connectivity index (χ4v) is 2.57. The van der Waals surface area contributed by atoms with Gasteiger partial charge < -0.3 is 14.2 Å². The number of carbonyl (C=O) groups excluding carboxylic acids is 2. The van der Waals surface area contributed by atoms with Gasteiger partial charge in [0.15, 0.2) is 0 Å². The van der Waals surface area contributed by atoms with Crippen LogP contribution in [0.2, 0.25) is 0 Å². The summed E-state index contributed by atoms with van der Waals surface area (Å²) in [5.41, 5.74) is 0.750. The predicted molar refractivity (Wildman–Crippen MR) is 79.1 cm³/mol. The van der Waals surface area contributed by atoms with Crippen LogP contribution in [0.3, 0.4) is 0 Å². The second-order valence-electron chi connectivity index (χ2n) is 5.14. The molecule has 0 aliphatic carbocycles. The number of aromatic nitrogens is 1. The molecule has 1 amide bonds. The molecule has 2 heterocycles. The topological polar surface area (TPSA) is 54.8 Å². The van der Waals surface area contributed by atoms with Crippen LogP contribution in [0.25, 0.3) is 0 Å². The molecule has 0 saturated carbocycles. The number of amides is 1. The van der Waals surface area contributed by atoms with Gasteiger partial charge in [-0.3, -0.25) is 14.5 Å². The first kappa shape index (κ1) is 15.6. The minimum absolute atomic E-state index is 0.0921. The molecule has 0 radical (unpaired) electrons. The van der Waals surface area contributed by atoms with E-state index in [4.69, 9.17) is 0 Å². The number of nitrogens with zero attached hydrogens (tertiary/aromatic N) is 3. The first-order chi connectivity index (χ1) is 10.2. The third kappa shape index (κ3) is 3.85. The normalized spacial score (nSPS) is 16.0. The Morgan fingerprint density at radius 2 is 1.95 bits per heavy atom. The molecule has 0 unspecified atom stereocenters. The zero-order chi connectivity index (χ0) is 15.2. The third-order valence-electron chi connectivity index (χ3n) is 3.91. The summed E-state index contributed by atoms with van der Waals surface area (Å²) in [7, 11) is 1.40. The van der Waals surface area contributed by atoms with Crippen molar-refractivity contribution in [3.63, 3.8) is 0 Å². The van der Waals surface area contributed by atoms with E-state index < -0.39 is 0 Å². The van der Waals surface area contributed by atoms with E-state index in [2.05, 4.69) is 9.64 Å². The molecule has 1 aliphatic rings. The molecule has 1 aromatic rings. The largest absolute Gasteiger partial charge is 0.469 e. The summed E-state index contributed by atoms with van der Waals surface area (Å²) in [6.45, 7) is 6.53. The van der Waals surface area contributed by atoms with Crippen LogP contribution in [0.15, 0.2) is 18.3 Å². The molecule has 0 bridgehead atoms. The van der Waals surface area contributed by atoms with E-state index in [1.54, 1.807) is 0 Å². The fraction of sp³-hybridized carbons (Fsp3) is 0.600. The molecule has 1 fully saturated rings. The Kier molecular flexibility index (Phi) is 5.38. The summed E-state index contributed by atoms with van der Waals surface area (Å²) in [4.78, 5) is 27.7. The van der Waals surface area contributed by atoms with E-state index in [1.165, 1.54) is 7.11 Å². The molecular formula is C15H23N3O3. The average molecular weight is 293 g/mol. The van der Waals surface area contributed by atoms with Gasteiger partial charge in [-0.05, 0) is 19.1 Å². The highest BCUT2D eigenvalue weighted by Gasteiger charge is 2.23. The summed E-state index contributed by atoms with van der Waals surface area (Å²) in [6.07, 6.45) is 2.34. The minimum atomic E-state index is -0.186. The predicted octanol–water partition coefficient (Wildman–Crippen LogP) is 0.829. The van der Waals surface area contributed by atoms with Crippen LogP contribution in [-0.2, 0) is 16.1 Å².